The Bertz CT molecular complexity index is 1940. The van der Waals surface area contributed by atoms with Crippen molar-refractivity contribution in [3.8, 4) is 22.4 Å². The number of halogens is 2. The van der Waals surface area contributed by atoms with Crippen LogP contribution in [-0.4, -0.2) is 43.8 Å². The topological polar surface area (TPSA) is 85.3 Å². The van der Waals surface area contributed by atoms with Crippen LogP contribution >= 0.6 is 0 Å². The van der Waals surface area contributed by atoms with Crippen LogP contribution in [0.3, 0.4) is 0 Å². The minimum atomic E-state index is -3.50. The quantitative estimate of drug-likeness (QED) is 0.170. The first kappa shape index (κ1) is 42.7. The number of hydrogen-bond donors (Lipinski definition) is 0. The predicted octanol–water partition coefficient (Wildman–Crippen LogP) is 10.7. The zero-order valence-corrected chi connectivity index (χ0v) is 34.6. The Kier molecular flexibility index (Phi) is 13.5. The van der Waals surface area contributed by atoms with Gasteiger partial charge in [0.2, 0.25) is 16.0 Å². The summed E-state index contributed by atoms with van der Waals surface area (Å²) in [6.07, 6.45) is 1.11. The van der Waals surface area contributed by atoms with Gasteiger partial charge in [0.25, 0.3) is 0 Å². The van der Waals surface area contributed by atoms with Gasteiger partial charge in [-0.15, -0.1) is 0 Å². The third-order valence-electron chi connectivity index (χ3n) is 8.74. The first-order chi connectivity index (χ1) is 23.9. The number of methoxy groups -OCH3 is 1. The van der Waals surface area contributed by atoms with Crippen molar-refractivity contribution in [3.63, 3.8) is 0 Å². The van der Waals surface area contributed by atoms with E-state index in [4.69, 9.17) is 9.72 Å². The molecular formula is C42H58F2N4O3S. The van der Waals surface area contributed by atoms with Crippen molar-refractivity contribution >= 4 is 16.0 Å². The zero-order chi connectivity index (χ0) is 39.5. The SMILES string of the molecule is CC(C)c1nc(N(C)S(C)(=O)=O)nc(-c2ccc(F)cc2)c1C(C)(C)C.COCc1c(C(C)C)nc(C(C)C)c(C(C)(C)C)c1-c1ccc(F)cc1. The highest BCUT2D eigenvalue weighted by Crippen LogP contribution is 2.43. The van der Waals surface area contributed by atoms with Gasteiger partial charge in [-0.25, -0.2) is 31.5 Å². The fraction of sp³-hybridized carbons (Fsp3) is 0.500. The van der Waals surface area contributed by atoms with Crippen molar-refractivity contribution in [1.29, 1.82) is 0 Å². The highest BCUT2D eigenvalue weighted by atomic mass is 32.2. The molecule has 0 fully saturated rings. The highest BCUT2D eigenvalue weighted by molar-refractivity contribution is 7.92. The van der Waals surface area contributed by atoms with E-state index in [0.29, 0.717) is 18.2 Å². The molecule has 10 heteroatoms. The average Bonchev–Trinajstić information content (AvgIpc) is 3.03. The van der Waals surface area contributed by atoms with Crippen molar-refractivity contribution < 1.29 is 21.9 Å². The molecule has 0 unspecified atom stereocenters. The lowest BCUT2D eigenvalue weighted by molar-refractivity contribution is 0.183. The van der Waals surface area contributed by atoms with Gasteiger partial charge in [-0.2, -0.15) is 0 Å². The summed E-state index contributed by atoms with van der Waals surface area (Å²) in [5.41, 5.74) is 9.44. The van der Waals surface area contributed by atoms with Crippen molar-refractivity contribution in [2.45, 2.75) is 118 Å². The van der Waals surface area contributed by atoms with Crippen LogP contribution in [0.1, 0.15) is 135 Å². The largest absolute Gasteiger partial charge is 0.380 e. The van der Waals surface area contributed by atoms with Crippen LogP contribution in [0.5, 0.6) is 0 Å². The van der Waals surface area contributed by atoms with E-state index in [9.17, 15) is 17.2 Å². The molecule has 2 heterocycles. The predicted molar refractivity (Wildman–Crippen MR) is 211 cm³/mol. The molecule has 2 aromatic heterocycles. The van der Waals surface area contributed by atoms with E-state index < -0.39 is 10.0 Å². The maximum absolute atomic E-state index is 13.6. The summed E-state index contributed by atoms with van der Waals surface area (Å²) in [7, 11) is -0.360. The number of hydrogen-bond acceptors (Lipinski definition) is 6. The summed E-state index contributed by atoms with van der Waals surface area (Å²) in [6, 6.07) is 12.9. The van der Waals surface area contributed by atoms with Gasteiger partial charge in [-0.05, 0) is 81.7 Å². The third-order valence-corrected chi connectivity index (χ3v) is 9.90. The summed E-state index contributed by atoms with van der Waals surface area (Å²) in [5.74, 6) is 0.212. The molecule has 2 aromatic carbocycles. The van der Waals surface area contributed by atoms with E-state index in [-0.39, 0.29) is 40.2 Å². The lowest BCUT2D eigenvalue weighted by Crippen LogP contribution is -2.29. The molecule has 0 amide bonds. The van der Waals surface area contributed by atoms with Gasteiger partial charge in [0.1, 0.15) is 11.6 Å². The summed E-state index contributed by atoms with van der Waals surface area (Å²) in [6.45, 7) is 26.0. The maximum atomic E-state index is 13.6. The standard InChI is InChI=1S/C23H32FNO.C19H26FN3O2S/c1-14(2)21-18(13-26-8)19(16-9-11-17(24)12-10-16)20(23(5,6)7)22(25-21)15(3)4;1-12(2)16-15(19(3,4)5)17(13-8-10-14(20)11-9-13)22-18(21-16)23(6)26(7,24)25/h9-12,14-15H,13H2,1-8H3;8-12H,1-7H3. The molecule has 0 saturated heterocycles. The molecule has 4 aromatic rings. The Labute approximate surface area is 311 Å². The van der Waals surface area contributed by atoms with E-state index in [1.807, 2.05) is 26.0 Å². The molecule has 0 atom stereocenters. The molecule has 4 rings (SSSR count). The molecule has 0 saturated carbocycles. The molecule has 0 bridgehead atoms. The minimum absolute atomic E-state index is 0.0677. The summed E-state index contributed by atoms with van der Waals surface area (Å²) in [5, 5.41) is 0. The molecule has 0 aliphatic carbocycles. The second-order valence-electron chi connectivity index (χ2n) is 16.4. The van der Waals surface area contributed by atoms with Crippen LogP contribution in [0.25, 0.3) is 22.4 Å². The van der Waals surface area contributed by atoms with E-state index >= 15 is 0 Å². The zero-order valence-electron chi connectivity index (χ0n) is 33.7. The molecule has 0 aliphatic rings. The monoisotopic (exact) mass is 736 g/mol. The fourth-order valence-corrected chi connectivity index (χ4v) is 6.65. The molecular weight excluding hydrogens is 679 g/mol. The van der Waals surface area contributed by atoms with Crippen LogP contribution < -0.4 is 4.31 Å². The molecule has 7 nitrogen and oxygen atoms in total. The van der Waals surface area contributed by atoms with Crippen molar-refractivity contribution in [1.82, 2.24) is 15.0 Å². The van der Waals surface area contributed by atoms with E-state index in [1.54, 1.807) is 19.2 Å². The number of ether oxygens (including phenoxy) is 1. The van der Waals surface area contributed by atoms with E-state index in [2.05, 4.69) is 79.2 Å². The average molecular weight is 737 g/mol. The van der Waals surface area contributed by atoms with Gasteiger partial charge < -0.3 is 4.74 Å². The Hall–Kier alpha value is -3.76. The molecule has 284 valence electrons. The highest BCUT2D eigenvalue weighted by Gasteiger charge is 2.31. The van der Waals surface area contributed by atoms with Crippen molar-refractivity contribution in [3.05, 3.63) is 93.9 Å². The molecule has 52 heavy (non-hydrogen) atoms. The second kappa shape index (κ2) is 16.5. The molecule has 0 radical (unpaired) electrons. The molecule has 0 aliphatic heterocycles. The van der Waals surface area contributed by atoms with Gasteiger partial charge in [0.15, 0.2) is 0 Å². The van der Waals surface area contributed by atoms with Crippen LogP contribution in [0.4, 0.5) is 14.7 Å². The Balaban J connectivity index is 0.000000280. The summed E-state index contributed by atoms with van der Waals surface area (Å²) >= 11 is 0. The van der Waals surface area contributed by atoms with Gasteiger partial charge in [-0.1, -0.05) is 95.2 Å². The summed E-state index contributed by atoms with van der Waals surface area (Å²) in [4.78, 5) is 14.2. The Morgan fingerprint density at radius 3 is 1.48 bits per heavy atom. The van der Waals surface area contributed by atoms with Gasteiger partial charge >= 0.3 is 0 Å². The van der Waals surface area contributed by atoms with Gasteiger partial charge in [-0.3, -0.25) is 4.98 Å². The third kappa shape index (κ3) is 10.0. The van der Waals surface area contributed by atoms with Gasteiger partial charge in [0, 0.05) is 42.2 Å². The van der Waals surface area contributed by atoms with E-state index in [1.165, 1.54) is 36.9 Å². The number of nitrogens with zero attached hydrogens (tertiary/aromatic N) is 4. The number of anilines is 1. The van der Waals surface area contributed by atoms with Crippen LogP contribution in [0.15, 0.2) is 48.5 Å². The van der Waals surface area contributed by atoms with Crippen molar-refractivity contribution in [2.24, 2.45) is 0 Å². The fourth-order valence-electron chi connectivity index (χ4n) is 6.27. The lowest BCUT2D eigenvalue weighted by atomic mass is 9.76. The Morgan fingerprint density at radius 1 is 0.673 bits per heavy atom. The molecule has 0 N–H and O–H groups in total. The second-order valence-corrected chi connectivity index (χ2v) is 18.4. The lowest BCUT2D eigenvalue weighted by Gasteiger charge is -2.31. The maximum Gasteiger partial charge on any atom is 0.239 e. The minimum Gasteiger partial charge on any atom is -0.380 e. The van der Waals surface area contributed by atoms with Gasteiger partial charge in [0.05, 0.1) is 24.3 Å². The number of aromatic nitrogens is 3. The smallest absolute Gasteiger partial charge is 0.239 e. The van der Waals surface area contributed by atoms with Crippen LogP contribution in [0, 0.1) is 11.6 Å². The molecule has 0 spiro atoms. The van der Waals surface area contributed by atoms with Crippen molar-refractivity contribution in [2.75, 3.05) is 24.7 Å². The van der Waals surface area contributed by atoms with Crippen LogP contribution in [-0.2, 0) is 32.2 Å². The first-order valence-electron chi connectivity index (χ1n) is 17.8. The van der Waals surface area contributed by atoms with E-state index in [0.717, 1.165) is 55.5 Å². The number of rotatable bonds is 9. The normalized spacial score (nSPS) is 12.4. The number of benzene rings is 2. The number of pyridine rings is 1. The summed E-state index contributed by atoms with van der Waals surface area (Å²) < 4.78 is 57.5. The van der Waals surface area contributed by atoms with Crippen LogP contribution in [0.2, 0.25) is 0 Å². The first-order valence-corrected chi connectivity index (χ1v) is 19.7. The number of sulfonamides is 1. The Morgan fingerprint density at radius 2 is 1.10 bits per heavy atom.